The van der Waals surface area contributed by atoms with Crippen LogP contribution in [0, 0.1) is 5.92 Å². The van der Waals surface area contributed by atoms with Gasteiger partial charge in [0.2, 0.25) is 0 Å². The van der Waals surface area contributed by atoms with Gasteiger partial charge >= 0.3 is 0 Å². The topological polar surface area (TPSA) is 30.5 Å². The molecule has 1 unspecified atom stereocenters. The summed E-state index contributed by atoms with van der Waals surface area (Å²) in [6, 6.07) is 8.35. The lowest BCUT2D eigenvalue weighted by Gasteiger charge is -2.25. The normalized spacial score (nSPS) is 13.2. The third kappa shape index (κ3) is 6.92. The lowest BCUT2D eigenvalue weighted by molar-refractivity contribution is 0.173. The van der Waals surface area contributed by atoms with E-state index in [-0.39, 0.29) is 5.54 Å². The number of benzene rings is 1. The van der Waals surface area contributed by atoms with Crippen LogP contribution < -0.4 is 10.1 Å². The first kappa shape index (κ1) is 17.0. The summed E-state index contributed by atoms with van der Waals surface area (Å²) in [7, 11) is 3.46. The first-order valence-corrected chi connectivity index (χ1v) is 7.31. The van der Waals surface area contributed by atoms with Crippen LogP contribution in [0.15, 0.2) is 24.3 Å². The molecule has 1 aromatic carbocycles. The summed E-state index contributed by atoms with van der Waals surface area (Å²) >= 11 is 0. The molecular weight excluding hydrogens is 250 g/mol. The summed E-state index contributed by atoms with van der Waals surface area (Å²) in [5.41, 5.74) is 1.51. The number of ether oxygens (including phenoxy) is 2. The van der Waals surface area contributed by atoms with Crippen molar-refractivity contribution in [2.75, 3.05) is 27.4 Å². The van der Waals surface area contributed by atoms with Gasteiger partial charge in [-0.15, -0.1) is 0 Å². The van der Waals surface area contributed by atoms with E-state index in [0.717, 1.165) is 31.7 Å². The van der Waals surface area contributed by atoms with Crippen molar-refractivity contribution in [1.82, 2.24) is 5.32 Å². The van der Waals surface area contributed by atoms with Crippen molar-refractivity contribution >= 4 is 0 Å². The molecule has 0 amide bonds. The molecule has 0 aromatic heterocycles. The largest absolute Gasteiger partial charge is 0.497 e. The Bertz CT molecular complexity index is 368. The lowest BCUT2D eigenvalue weighted by atomic mass is 9.95. The summed E-state index contributed by atoms with van der Waals surface area (Å²) in [6.07, 6.45) is 2.14. The summed E-state index contributed by atoms with van der Waals surface area (Å²) in [4.78, 5) is 0. The molecule has 3 heteroatoms. The summed E-state index contributed by atoms with van der Waals surface area (Å²) in [6.45, 7) is 8.43. The van der Waals surface area contributed by atoms with E-state index < -0.39 is 0 Å². The number of nitrogens with one attached hydrogen (secondary N) is 1. The van der Waals surface area contributed by atoms with Crippen LogP contribution in [0.4, 0.5) is 0 Å². The van der Waals surface area contributed by atoms with Crippen LogP contribution in [0.3, 0.4) is 0 Å². The van der Waals surface area contributed by atoms with E-state index in [1.807, 2.05) is 12.1 Å². The number of hydrogen-bond acceptors (Lipinski definition) is 3. The van der Waals surface area contributed by atoms with Crippen molar-refractivity contribution in [1.29, 1.82) is 0 Å². The van der Waals surface area contributed by atoms with E-state index in [1.165, 1.54) is 5.56 Å². The molecule has 0 heterocycles. The highest BCUT2D eigenvalue weighted by atomic mass is 16.5. The highest BCUT2D eigenvalue weighted by Crippen LogP contribution is 2.17. The minimum Gasteiger partial charge on any atom is -0.497 e. The fourth-order valence-electron chi connectivity index (χ4n) is 2.11. The van der Waals surface area contributed by atoms with Gasteiger partial charge in [0.1, 0.15) is 5.75 Å². The summed E-state index contributed by atoms with van der Waals surface area (Å²) in [5.74, 6) is 1.50. The second kappa shape index (κ2) is 8.28. The molecule has 1 N–H and O–H groups in total. The Kier molecular flexibility index (Phi) is 7.03. The van der Waals surface area contributed by atoms with E-state index in [0.29, 0.717) is 5.92 Å². The molecule has 1 aromatic rings. The molecule has 0 saturated heterocycles. The van der Waals surface area contributed by atoms with Gasteiger partial charge in [0.05, 0.1) is 7.11 Å². The molecule has 114 valence electrons. The Labute approximate surface area is 123 Å². The number of rotatable bonds is 8. The third-order valence-electron chi connectivity index (χ3n) is 3.33. The highest BCUT2D eigenvalue weighted by Gasteiger charge is 2.14. The fraction of sp³-hybridized carbons (Fsp3) is 0.647. The minimum absolute atomic E-state index is 0.158. The molecule has 0 aliphatic rings. The van der Waals surface area contributed by atoms with E-state index in [9.17, 15) is 0 Å². The van der Waals surface area contributed by atoms with Crippen molar-refractivity contribution in [3.8, 4) is 5.75 Å². The average molecular weight is 279 g/mol. The molecule has 0 aliphatic heterocycles. The number of methoxy groups -OCH3 is 2. The molecule has 0 bridgehead atoms. The second-order valence-corrected chi connectivity index (χ2v) is 6.33. The SMILES string of the molecule is COCCC(CNC(C)(C)C)Cc1ccc(OC)cc1. The zero-order valence-electron chi connectivity index (χ0n) is 13.5. The first-order chi connectivity index (χ1) is 9.44. The van der Waals surface area contributed by atoms with Gasteiger partial charge in [-0.05, 0) is 63.8 Å². The molecule has 20 heavy (non-hydrogen) atoms. The lowest BCUT2D eigenvalue weighted by Crippen LogP contribution is -2.39. The van der Waals surface area contributed by atoms with Gasteiger partial charge in [0, 0.05) is 19.3 Å². The number of hydrogen-bond donors (Lipinski definition) is 1. The van der Waals surface area contributed by atoms with Crippen molar-refractivity contribution in [3.63, 3.8) is 0 Å². The Morgan fingerprint density at radius 3 is 2.25 bits per heavy atom. The monoisotopic (exact) mass is 279 g/mol. The maximum atomic E-state index is 5.23. The van der Waals surface area contributed by atoms with E-state index in [1.54, 1.807) is 14.2 Å². The first-order valence-electron chi connectivity index (χ1n) is 7.31. The predicted octanol–water partition coefficient (Wildman–Crippen LogP) is 3.28. The third-order valence-corrected chi connectivity index (χ3v) is 3.33. The molecule has 0 spiro atoms. The quantitative estimate of drug-likeness (QED) is 0.792. The van der Waals surface area contributed by atoms with Gasteiger partial charge in [-0.1, -0.05) is 12.1 Å². The molecule has 1 atom stereocenters. The van der Waals surface area contributed by atoms with Gasteiger partial charge < -0.3 is 14.8 Å². The Hall–Kier alpha value is -1.06. The maximum Gasteiger partial charge on any atom is 0.118 e. The van der Waals surface area contributed by atoms with Crippen LogP contribution >= 0.6 is 0 Å². The maximum absolute atomic E-state index is 5.23. The van der Waals surface area contributed by atoms with Crippen molar-refractivity contribution in [2.24, 2.45) is 5.92 Å². The fourth-order valence-corrected chi connectivity index (χ4v) is 2.11. The molecule has 3 nitrogen and oxygen atoms in total. The van der Waals surface area contributed by atoms with Gasteiger partial charge in [0.15, 0.2) is 0 Å². The van der Waals surface area contributed by atoms with Crippen molar-refractivity contribution in [2.45, 2.75) is 39.2 Å². The molecule has 0 saturated carbocycles. The zero-order chi connectivity index (χ0) is 15.0. The molecular formula is C17H29NO2. The Morgan fingerprint density at radius 1 is 1.10 bits per heavy atom. The summed E-state index contributed by atoms with van der Waals surface area (Å²) in [5, 5.41) is 3.59. The van der Waals surface area contributed by atoms with Crippen molar-refractivity contribution in [3.05, 3.63) is 29.8 Å². The van der Waals surface area contributed by atoms with E-state index in [4.69, 9.17) is 9.47 Å². The smallest absolute Gasteiger partial charge is 0.118 e. The van der Waals surface area contributed by atoms with E-state index in [2.05, 4.69) is 38.2 Å². The van der Waals surface area contributed by atoms with Gasteiger partial charge in [0.25, 0.3) is 0 Å². The van der Waals surface area contributed by atoms with Gasteiger partial charge in [-0.3, -0.25) is 0 Å². The molecule has 1 rings (SSSR count). The van der Waals surface area contributed by atoms with Gasteiger partial charge in [-0.2, -0.15) is 0 Å². The zero-order valence-corrected chi connectivity index (χ0v) is 13.5. The van der Waals surface area contributed by atoms with Crippen LogP contribution in [0.25, 0.3) is 0 Å². The average Bonchev–Trinajstić information content (AvgIpc) is 2.41. The highest BCUT2D eigenvalue weighted by molar-refractivity contribution is 5.27. The van der Waals surface area contributed by atoms with Crippen LogP contribution in [0.2, 0.25) is 0 Å². The van der Waals surface area contributed by atoms with Gasteiger partial charge in [-0.25, -0.2) is 0 Å². The van der Waals surface area contributed by atoms with Crippen LogP contribution in [0.1, 0.15) is 32.8 Å². The summed E-state index contributed by atoms with van der Waals surface area (Å²) < 4.78 is 10.4. The predicted molar refractivity (Wildman–Crippen MR) is 84.4 cm³/mol. The van der Waals surface area contributed by atoms with Crippen LogP contribution in [-0.4, -0.2) is 32.9 Å². The minimum atomic E-state index is 0.158. The van der Waals surface area contributed by atoms with E-state index >= 15 is 0 Å². The van der Waals surface area contributed by atoms with Crippen molar-refractivity contribution < 1.29 is 9.47 Å². The molecule has 0 radical (unpaired) electrons. The second-order valence-electron chi connectivity index (χ2n) is 6.33. The molecule has 0 fully saturated rings. The Morgan fingerprint density at radius 2 is 1.75 bits per heavy atom. The van der Waals surface area contributed by atoms with Crippen LogP contribution in [0.5, 0.6) is 5.75 Å². The Balaban J connectivity index is 2.57. The van der Waals surface area contributed by atoms with Crippen LogP contribution in [-0.2, 0) is 11.2 Å². The molecule has 0 aliphatic carbocycles. The standard InChI is InChI=1S/C17H29NO2/c1-17(2,3)18-13-15(10-11-19-4)12-14-6-8-16(20-5)9-7-14/h6-9,15,18H,10-13H2,1-5H3.